The molecule has 146 valence electrons. The highest BCUT2D eigenvalue weighted by atomic mass is 35.5. The first-order chi connectivity index (χ1) is 12.8. The van der Waals surface area contributed by atoms with Crippen LogP contribution < -0.4 is 5.32 Å². The van der Waals surface area contributed by atoms with E-state index in [1.165, 1.54) is 50.7 Å². The van der Waals surface area contributed by atoms with Crippen molar-refractivity contribution in [2.24, 2.45) is 23.2 Å². The third kappa shape index (κ3) is 3.71. The molecule has 1 amide bonds. The molecule has 27 heavy (non-hydrogen) atoms. The maximum absolute atomic E-state index is 13.7. The first-order valence-corrected chi connectivity index (χ1v) is 10.1. The Labute approximate surface area is 163 Å². The molecular formula is C21H25ClFNO3. The molecule has 1 atom stereocenters. The first kappa shape index (κ1) is 18.7. The maximum atomic E-state index is 13.7. The number of nitrogens with one attached hydrogen (secondary N) is 1. The second kappa shape index (κ2) is 7.08. The summed E-state index contributed by atoms with van der Waals surface area (Å²) < 4.78 is 18.7. The molecule has 4 fully saturated rings. The molecule has 0 spiro atoms. The summed E-state index contributed by atoms with van der Waals surface area (Å²) in [6.07, 6.45) is 7.62. The number of hydrogen-bond donors (Lipinski definition) is 1. The lowest BCUT2D eigenvalue weighted by Crippen LogP contribution is -2.56. The van der Waals surface area contributed by atoms with Gasteiger partial charge in [-0.15, -0.1) is 0 Å². The fraction of sp³-hybridized carbons (Fsp3) is 0.619. The largest absolute Gasteiger partial charge is 0.452 e. The SMILES string of the molecule is C[C@H](NC(=O)COC(=O)c1cc(Cl)ccc1F)C12CC3CC(CC(C3)C1)C2. The number of carbonyl (C=O) groups is 2. The van der Waals surface area contributed by atoms with Crippen LogP contribution in [0, 0.1) is 29.0 Å². The van der Waals surface area contributed by atoms with Gasteiger partial charge in [-0.2, -0.15) is 0 Å². The minimum atomic E-state index is -0.882. The van der Waals surface area contributed by atoms with Crippen LogP contribution in [-0.4, -0.2) is 24.5 Å². The highest BCUT2D eigenvalue weighted by Gasteiger charge is 2.53. The number of rotatable bonds is 5. The highest BCUT2D eigenvalue weighted by molar-refractivity contribution is 6.30. The molecule has 0 unspecified atom stereocenters. The van der Waals surface area contributed by atoms with Gasteiger partial charge in [0.25, 0.3) is 5.91 Å². The third-order valence-corrected chi connectivity index (χ3v) is 7.10. The van der Waals surface area contributed by atoms with E-state index in [1.54, 1.807) is 0 Å². The summed E-state index contributed by atoms with van der Waals surface area (Å²) in [5.74, 6) is 0.478. The standard InChI is InChI=1S/C21H25ClFNO3/c1-12(21-8-13-4-14(9-21)6-15(5-13)10-21)24-19(25)11-27-20(26)17-7-16(22)2-3-18(17)23/h2-3,7,12-15H,4-6,8-11H2,1H3,(H,24,25)/t12-,13?,14?,15?,21?/m0/s1. The predicted molar refractivity (Wildman–Crippen MR) is 99.9 cm³/mol. The molecule has 0 aliphatic heterocycles. The summed E-state index contributed by atoms with van der Waals surface area (Å²) >= 11 is 5.79. The van der Waals surface area contributed by atoms with Crippen LogP contribution in [0.15, 0.2) is 18.2 Å². The normalized spacial score (nSPS) is 32.2. The van der Waals surface area contributed by atoms with Crippen LogP contribution in [0.3, 0.4) is 0 Å². The zero-order chi connectivity index (χ0) is 19.2. The number of esters is 1. The Kier molecular flexibility index (Phi) is 4.91. The van der Waals surface area contributed by atoms with Gasteiger partial charge < -0.3 is 10.1 Å². The summed E-state index contributed by atoms with van der Waals surface area (Å²) in [7, 11) is 0. The average Bonchev–Trinajstić information content (AvgIpc) is 2.60. The van der Waals surface area contributed by atoms with Crippen molar-refractivity contribution in [3.63, 3.8) is 0 Å². The van der Waals surface area contributed by atoms with Gasteiger partial charge in [0, 0.05) is 11.1 Å². The van der Waals surface area contributed by atoms with Crippen molar-refractivity contribution in [2.75, 3.05) is 6.61 Å². The molecule has 0 saturated heterocycles. The van der Waals surface area contributed by atoms with E-state index in [0.717, 1.165) is 23.8 Å². The van der Waals surface area contributed by atoms with E-state index in [-0.39, 0.29) is 28.0 Å². The summed E-state index contributed by atoms with van der Waals surface area (Å²) in [5.41, 5.74) is -0.0718. The van der Waals surface area contributed by atoms with Gasteiger partial charge in [0.1, 0.15) is 5.82 Å². The number of halogens is 2. The van der Waals surface area contributed by atoms with Gasteiger partial charge in [0.15, 0.2) is 6.61 Å². The summed E-state index contributed by atoms with van der Waals surface area (Å²) in [6.45, 7) is 1.66. The van der Waals surface area contributed by atoms with Crippen LogP contribution in [0.5, 0.6) is 0 Å². The predicted octanol–water partition coefficient (Wildman–Crippen LogP) is 4.36. The van der Waals surface area contributed by atoms with Gasteiger partial charge in [0.05, 0.1) is 5.56 Å². The molecule has 1 aromatic rings. The van der Waals surface area contributed by atoms with Crippen molar-refractivity contribution >= 4 is 23.5 Å². The van der Waals surface area contributed by atoms with E-state index in [2.05, 4.69) is 12.2 Å². The number of carbonyl (C=O) groups excluding carboxylic acids is 2. The van der Waals surface area contributed by atoms with Crippen LogP contribution in [0.2, 0.25) is 5.02 Å². The summed E-state index contributed by atoms with van der Waals surface area (Å²) in [5, 5.41) is 3.27. The zero-order valence-electron chi connectivity index (χ0n) is 15.5. The number of ether oxygens (including phenoxy) is 1. The van der Waals surface area contributed by atoms with Crippen molar-refractivity contribution in [1.29, 1.82) is 0 Å². The van der Waals surface area contributed by atoms with E-state index in [9.17, 15) is 14.0 Å². The molecule has 0 radical (unpaired) electrons. The topological polar surface area (TPSA) is 55.4 Å². The Morgan fingerprint density at radius 3 is 2.41 bits per heavy atom. The van der Waals surface area contributed by atoms with Crippen LogP contribution in [0.4, 0.5) is 4.39 Å². The second-order valence-corrected chi connectivity index (χ2v) is 9.21. The van der Waals surface area contributed by atoms with Crippen molar-refractivity contribution in [3.8, 4) is 0 Å². The molecule has 4 bridgehead atoms. The molecule has 0 heterocycles. The lowest BCUT2D eigenvalue weighted by Gasteiger charge is -2.59. The number of amides is 1. The Balaban J connectivity index is 1.33. The smallest absolute Gasteiger partial charge is 0.341 e. The van der Waals surface area contributed by atoms with Crippen LogP contribution in [0.25, 0.3) is 0 Å². The Hall–Kier alpha value is -1.62. The fourth-order valence-corrected chi connectivity index (χ4v) is 6.18. The lowest BCUT2D eigenvalue weighted by molar-refractivity contribution is -0.128. The van der Waals surface area contributed by atoms with Crippen molar-refractivity contribution in [1.82, 2.24) is 5.32 Å². The van der Waals surface area contributed by atoms with Crippen LogP contribution in [-0.2, 0) is 9.53 Å². The molecular weight excluding hydrogens is 369 g/mol. The van der Waals surface area contributed by atoms with Gasteiger partial charge in [-0.05, 0) is 86.8 Å². The molecule has 5 rings (SSSR count). The van der Waals surface area contributed by atoms with E-state index >= 15 is 0 Å². The average molecular weight is 394 g/mol. The Morgan fingerprint density at radius 2 is 1.81 bits per heavy atom. The minimum Gasteiger partial charge on any atom is -0.452 e. The quantitative estimate of drug-likeness (QED) is 0.756. The summed E-state index contributed by atoms with van der Waals surface area (Å²) in [6, 6.07) is 3.72. The van der Waals surface area contributed by atoms with E-state index < -0.39 is 18.4 Å². The van der Waals surface area contributed by atoms with Gasteiger partial charge in [-0.1, -0.05) is 11.6 Å². The van der Waals surface area contributed by atoms with Crippen molar-refractivity contribution < 1.29 is 18.7 Å². The fourth-order valence-electron chi connectivity index (χ4n) is 6.01. The molecule has 6 heteroatoms. The molecule has 4 nitrogen and oxygen atoms in total. The van der Waals surface area contributed by atoms with Crippen LogP contribution >= 0.6 is 11.6 Å². The molecule has 1 N–H and O–H groups in total. The second-order valence-electron chi connectivity index (χ2n) is 8.77. The Bertz CT molecular complexity index is 731. The minimum absolute atomic E-state index is 0.0556. The Morgan fingerprint density at radius 1 is 1.22 bits per heavy atom. The first-order valence-electron chi connectivity index (χ1n) is 9.76. The van der Waals surface area contributed by atoms with E-state index in [0.29, 0.717) is 0 Å². The van der Waals surface area contributed by atoms with Crippen molar-refractivity contribution in [2.45, 2.75) is 51.5 Å². The van der Waals surface area contributed by atoms with Gasteiger partial charge in [-0.25, -0.2) is 9.18 Å². The summed E-state index contributed by atoms with van der Waals surface area (Å²) in [4.78, 5) is 24.4. The van der Waals surface area contributed by atoms with E-state index in [4.69, 9.17) is 16.3 Å². The monoisotopic (exact) mass is 393 g/mol. The lowest BCUT2D eigenvalue weighted by atomic mass is 9.48. The highest BCUT2D eigenvalue weighted by Crippen LogP contribution is 2.61. The maximum Gasteiger partial charge on any atom is 0.341 e. The van der Waals surface area contributed by atoms with Gasteiger partial charge >= 0.3 is 5.97 Å². The molecule has 4 aliphatic carbocycles. The van der Waals surface area contributed by atoms with Crippen molar-refractivity contribution in [3.05, 3.63) is 34.6 Å². The van der Waals surface area contributed by atoms with Gasteiger partial charge in [0.2, 0.25) is 0 Å². The van der Waals surface area contributed by atoms with Gasteiger partial charge in [-0.3, -0.25) is 4.79 Å². The number of benzene rings is 1. The third-order valence-electron chi connectivity index (χ3n) is 6.86. The zero-order valence-corrected chi connectivity index (χ0v) is 16.2. The molecule has 1 aromatic carbocycles. The molecule has 0 aromatic heterocycles. The number of hydrogen-bond acceptors (Lipinski definition) is 3. The van der Waals surface area contributed by atoms with E-state index in [1.807, 2.05) is 0 Å². The molecule has 4 saturated carbocycles. The molecule has 4 aliphatic rings. The van der Waals surface area contributed by atoms with Crippen LogP contribution in [0.1, 0.15) is 55.8 Å².